The Hall–Kier alpha value is -0.860. The van der Waals surface area contributed by atoms with Gasteiger partial charge in [-0.3, -0.25) is 0 Å². The average Bonchev–Trinajstić information content (AvgIpc) is 2.19. The molecule has 0 aromatic heterocycles. The van der Waals surface area contributed by atoms with Crippen LogP contribution in [-0.2, 0) is 4.74 Å². The molecular weight excluding hydrogens is 174 g/mol. The van der Waals surface area contributed by atoms with E-state index in [-0.39, 0.29) is 6.10 Å². The molecule has 14 heavy (non-hydrogen) atoms. The fraction of sp³-hybridized carbons (Fsp3) is 0.500. The zero-order chi connectivity index (χ0) is 9.97. The summed E-state index contributed by atoms with van der Waals surface area (Å²) in [6, 6.07) is 11.3. The third kappa shape index (κ3) is 1.97. The third-order valence-electron chi connectivity index (χ3n) is 2.66. The van der Waals surface area contributed by atoms with E-state index in [1.807, 2.05) is 6.07 Å². The Kier molecular flexibility index (Phi) is 2.85. The molecule has 1 fully saturated rings. The molecular formula is C12H17NO. The Morgan fingerprint density at radius 3 is 2.57 bits per heavy atom. The minimum absolute atomic E-state index is 0.201. The van der Waals surface area contributed by atoms with Crippen LogP contribution < -0.4 is 5.32 Å². The van der Waals surface area contributed by atoms with Crippen molar-refractivity contribution in [2.45, 2.75) is 32.0 Å². The lowest BCUT2D eigenvalue weighted by molar-refractivity contribution is -0.0207. The number of hydrogen-bond donors (Lipinski definition) is 1. The summed E-state index contributed by atoms with van der Waals surface area (Å²) in [5.41, 5.74) is 1.26. The lowest BCUT2D eigenvalue weighted by Gasteiger charge is -2.34. The Balaban J connectivity index is 2.12. The van der Waals surface area contributed by atoms with Crippen molar-refractivity contribution >= 4 is 0 Å². The minimum atomic E-state index is 0.201. The van der Waals surface area contributed by atoms with Crippen LogP contribution in [-0.4, -0.2) is 18.7 Å². The molecule has 2 rings (SSSR count). The quantitative estimate of drug-likeness (QED) is 0.734. The molecule has 1 aromatic rings. The maximum absolute atomic E-state index is 5.83. The van der Waals surface area contributed by atoms with E-state index in [2.05, 4.69) is 43.4 Å². The van der Waals surface area contributed by atoms with E-state index in [4.69, 9.17) is 4.74 Å². The van der Waals surface area contributed by atoms with E-state index in [1.165, 1.54) is 5.56 Å². The second-order valence-corrected chi connectivity index (χ2v) is 4.02. The molecule has 3 unspecified atom stereocenters. The summed E-state index contributed by atoms with van der Waals surface area (Å²) < 4.78 is 5.83. The fourth-order valence-electron chi connectivity index (χ4n) is 2.00. The van der Waals surface area contributed by atoms with Crippen LogP contribution in [0.4, 0.5) is 0 Å². The van der Waals surface area contributed by atoms with E-state index in [0.717, 1.165) is 6.61 Å². The van der Waals surface area contributed by atoms with Crippen LogP contribution in [0.25, 0.3) is 0 Å². The monoisotopic (exact) mass is 191 g/mol. The van der Waals surface area contributed by atoms with Gasteiger partial charge in [-0.2, -0.15) is 0 Å². The van der Waals surface area contributed by atoms with Gasteiger partial charge in [0, 0.05) is 12.1 Å². The second kappa shape index (κ2) is 4.11. The molecule has 3 atom stereocenters. The molecule has 1 saturated heterocycles. The molecule has 0 aliphatic carbocycles. The molecule has 0 spiro atoms. The van der Waals surface area contributed by atoms with Crippen molar-refractivity contribution in [2.75, 3.05) is 6.61 Å². The first-order valence-electron chi connectivity index (χ1n) is 5.20. The number of rotatable bonds is 1. The number of morpholine rings is 1. The van der Waals surface area contributed by atoms with Crippen LogP contribution in [0.1, 0.15) is 25.5 Å². The normalized spacial score (nSPS) is 32.9. The molecule has 1 heterocycles. The molecule has 0 radical (unpaired) electrons. The summed E-state index contributed by atoms with van der Waals surface area (Å²) in [4.78, 5) is 0. The van der Waals surface area contributed by atoms with Crippen molar-refractivity contribution in [1.29, 1.82) is 0 Å². The van der Waals surface area contributed by atoms with E-state index in [1.54, 1.807) is 0 Å². The zero-order valence-electron chi connectivity index (χ0n) is 8.73. The van der Waals surface area contributed by atoms with Crippen molar-refractivity contribution < 1.29 is 4.74 Å². The predicted molar refractivity (Wildman–Crippen MR) is 57.2 cm³/mol. The zero-order valence-corrected chi connectivity index (χ0v) is 8.73. The van der Waals surface area contributed by atoms with Crippen molar-refractivity contribution in [1.82, 2.24) is 5.32 Å². The van der Waals surface area contributed by atoms with Crippen molar-refractivity contribution in [3.05, 3.63) is 35.9 Å². The van der Waals surface area contributed by atoms with Crippen molar-refractivity contribution in [2.24, 2.45) is 0 Å². The molecule has 0 bridgehead atoms. The molecule has 2 heteroatoms. The molecule has 0 saturated carbocycles. The molecule has 1 aliphatic heterocycles. The molecule has 2 nitrogen and oxygen atoms in total. The van der Waals surface area contributed by atoms with Gasteiger partial charge in [-0.25, -0.2) is 0 Å². The topological polar surface area (TPSA) is 21.3 Å². The first kappa shape index (κ1) is 9.69. The van der Waals surface area contributed by atoms with E-state index in [9.17, 15) is 0 Å². The standard InChI is InChI=1S/C12H17NO/c1-9-8-14-12(10(2)13-9)11-6-4-3-5-7-11/h3-7,9-10,12-13H,8H2,1-2H3. The Bertz CT molecular complexity index is 286. The van der Waals surface area contributed by atoms with Crippen LogP contribution >= 0.6 is 0 Å². The van der Waals surface area contributed by atoms with E-state index >= 15 is 0 Å². The largest absolute Gasteiger partial charge is 0.370 e. The summed E-state index contributed by atoms with van der Waals surface area (Å²) in [5.74, 6) is 0. The van der Waals surface area contributed by atoms with Crippen molar-refractivity contribution in [3.8, 4) is 0 Å². The van der Waals surface area contributed by atoms with E-state index in [0.29, 0.717) is 12.1 Å². The van der Waals surface area contributed by atoms with Gasteiger partial charge in [-0.1, -0.05) is 30.3 Å². The molecule has 1 N–H and O–H groups in total. The molecule has 1 aliphatic rings. The molecule has 76 valence electrons. The first-order valence-corrected chi connectivity index (χ1v) is 5.20. The highest BCUT2D eigenvalue weighted by molar-refractivity contribution is 5.19. The molecule has 1 aromatic carbocycles. The summed E-state index contributed by atoms with van der Waals surface area (Å²) in [6.07, 6.45) is 0.201. The van der Waals surface area contributed by atoms with Gasteiger partial charge < -0.3 is 10.1 Å². The lowest BCUT2D eigenvalue weighted by Crippen LogP contribution is -2.47. The maximum Gasteiger partial charge on any atom is 0.0975 e. The number of ether oxygens (including phenoxy) is 1. The van der Waals surface area contributed by atoms with Gasteiger partial charge in [-0.15, -0.1) is 0 Å². The molecule has 0 amide bonds. The summed E-state index contributed by atoms with van der Waals surface area (Å²) in [6.45, 7) is 5.12. The van der Waals surface area contributed by atoms with Gasteiger partial charge in [0.15, 0.2) is 0 Å². The summed E-state index contributed by atoms with van der Waals surface area (Å²) in [7, 11) is 0. The highest BCUT2D eigenvalue weighted by Gasteiger charge is 2.26. The van der Waals surface area contributed by atoms with Crippen molar-refractivity contribution in [3.63, 3.8) is 0 Å². The number of nitrogens with one attached hydrogen (secondary N) is 1. The highest BCUT2D eigenvalue weighted by Crippen LogP contribution is 2.24. The minimum Gasteiger partial charge on any atom is -0.370 e. The number of benzene rings is 1. The second-order valence-electron chi connectivity index (χ2n) is 4.02. The predicted octanol–water partition coefficient (Wildman–Crippen LogP) is 2.12. The van der Waals surface area contributed by atoms with Crippen LogP contribution in [0, 0.1) is 0 Å². The number of hydrogen-bond acceptors (Lipinski definition) is 2. The van der Waals surface area contributed by atoms with E-state index < -0.39 is 0 Å². The van der Waals surface area contributed by atoms with Crippen LogP contribution in [0.2, 0.25) is 0 Å². The van der Waals surface area contributed by atoms with Crippen LogP contribution in [0.15, 0.2) is 30.3 Å². The Morgan fingerprint density at radius 1 is 1.21 bits per heavy atom. The van der Waals surface area contributed by atoms with Gasteiger partial charge in [0.2, 0.25) is 0 Å². The van der Waals surface area contributed by atoms with Gasteiger partial charge in [0.25, 0.3) is 0 Å². The Morgan fingerprint density at radius 2 is 1.93 bits per heavy atom. The van der Waals surface area contributed by atoms with Crippen LogP contribution in [0.3, 0.4) is 0 Å². The smallest absolute Gasteiger partial charge is 0.0975 e. The Labute approximate surface area is 85.3 Å². The summed E-state index contributed by atoms with van der Waals surface area (Å²) >= 11 is 0. The lowest BCUT2D eigenvalue weighted by atomic mass is 10.0. The fourth-order valence-corrected chi connectivity index (χ4v) is 2.00. The van der Waals surface area contributed by atoms with Gasteiger partial charge in [0.1, 0.15) is 0 Å². The summed E-state index contributed by atoms with van der Waals surface area (Å²) in [5, 5.41) is 3.50. The highest BCUT2D eigenvalue weighted by atomic mass is 16.5. The SMILES string of the molecule is CC1COC(c2ccccc2)C(C)N1. The van der Waals surface area contributed by atoms with Gasteiger partial charge in [-0.05, 0) is 19.4 Å². The average molecular weight is 191 g/mol. The first-order chi connectivity index (χ1) is 6.77. The van der Waals surface area contributed by atoms with Gasteiger partial charge in [0.05, 0.1) is 12.7 Å². The maximum atomic E-state index is 5.83. The van der Waals surface area contributed by atoms with Gasteiger partial charge >= 0.3 is 0 Å². The third-order valence-corrected chi connectivity index (χ3v) is 2.66. The van der Waals surface area contributed by atoms with Crippen LogP contribution in [0.5, 0.6) is 0 Å².